The molecule has 25 heavy (non-hydrogen) atoms. The van der Waals surface area contributed by atoms with Crippen LogP contribution in [-0.4, -0.2) is 19.0 Å². The number of halogens is 1. The van der Waals surface area contributed by atoms with Crippen molar-refractivity contribution in [3.63, 3.8) is 0 Å². The van der Waals surface area contributed by atoms with Crippen molar-refractivity contribution in [2.24, 2.45) is 0 Å². The van der Waals surface area contributed by atoms with Crippen molar-refractivity contribution in [2.45, 2.75) is 19.4 Å². The number of carbonyl (C=O) groups excluding carboxylic acids is 2. The third-order valence-corrected chi connectivity index (χ3v) is 4.22. The van der Waals surface area contributed by atoms with Gasteiger partial charge >= 0.3 is 5.97 Å². The molecule has 2 aromatic carbocycles. The molecule has 0 saturated heterocycles. The fourth-order valence-electron chi connectivity index (χ4n) is 2.27. The van der Waals surface area contributed by atoms with Gasteiger partial charge in [0.25, 0.3) is 0 Å². The number of aryl methyl sites for hydroxylation is 1. The normalized spacial score (nSPS) is 12.0. The minimum absolute atomic E-state index is 0.0717. The molecule has 0 bridgehead atoms. The first-order valence-corrected chi connectivity index (χ1v) is 8.65. The van der Waals surface area contributed by atoms with Crippen molar-refractivity contribution in [2.75, 3.05) is 7.11 Å². The highest BCUT2D eigenvalue weighted by Gasteiger charge is 2.18. The molecule has 0 fully saturated rings. The summed E-state index contributed by atoms with van der Waals surface area (Å²) in [5.41, 5.74) is 2.94. The van der Waals surface area contributed by atoms with Crippen LogP contribution >= 0.6 is 15.9 Å². The van der Waals surface area contributed by atoms with Gasteiger partial charge in [-0.15, -0.1) is 0 Å². The van der Waals surface area contributed by atoms with Gasteiger partial charge in [0.1, 0.15) is 0 Å². The topological polar surface area (TPSA) is 55.4 Å². The zero-order valence-electron chi connectivity index (χ0n) is 14.2. The van der Waals surface area contributed by atoms with Crippen molar-refractivity contribution in [1.82, 2.24) is 5.32 Å². The number of ether oxygens (including phenoxy) is 1. The van der Waals surface area contributed by atoms with Crippen molar-refractivity contribution in [3.8, 4) is 0 Å². The molecular formula is C20H20BrNO3. The maximum atomic E-state index is 12.2. The number of nitrogens with one attached hydrogen (secondary N) is 1. The number of carbonyl (C=O) groups is 2. The van der Waals surface area contributed by atoms with Gasteiger partial charge in [0.2, 0.25) is 5.91 Å². The SMILES string of the molecule is COC(=O)CC(NC(=O)/C=C/c1ccc(C)cc1)c1ccc(Br)cc1. The Hall–Kier alpha value is -2.40. The second kappa shape index (κ2) is 9.18. The van der Waals surface area contributed by atoms with E-state index >= 15 is 0 Å². The molecule has 5 heteroatoms. The second-order valence-electron chi connectivity index (χ2n) is 5.64. The number of benzene rings is 2. The van der Waals surface area contributed by atoms with Gasteiger partial charge in [0, 0.05) is 10.5 Å². The lowest BCUT2D eigenvalue weighted by atomic mass is 10.0. The van der Waals surface area contributed by atoms with Crippen LogP contribution < -0.4 is 5.32 Å². The summed E-state index contributed by atoms with van der Waals surface area (Å²) in [7, 11) is 1.33. The zero-order valence-corrected chi connectivity index (χ0v) is 15.7. The van der Waals surface area contributed by atoms with Crippen LogP contribution in [0.15, 0.2) is 59.1 Å². The van der Waals surface area contributed by atoms with E-state index in [1.54, 1.807) is 6.08 Å². The molecule has 130 valence electrons. The second-order valence-corrected chi connectivity index (χ2v) is 6.55. The molecule has 0 aliphatic carbocycles. The summed E-state index contributed by atoms with van der Waals surface area (Å²) in [5, 5.41) is 2.86. The van der Waals surface area contributed by atoms with Crippen LogP contribution in [0.25, 0.3) is 6.08 Å². The molecule has 0 heterocycles. The first kappa shape index (κ1) is 18.9. The average Bonchev–Trinajstić information content (AvgIpc) is 2.61. The van der Waals surface area contributed by atoms with Crippen molar-refractivity contribution >= 4 is 33.9 Å². The summed E-state index contributed by atoms with van der Waals surface area (Å²) < 4.78 is 5.66. The lowest BCUT2D eigenvalue weighted by Gasteiger charge is -2.17. The van der Waals surface area contributed by atoms with Crippen LogP contribution in [0.1, 0.15) is 29.2 Å². The third-order valence-electron chi connectivity index (χ3n) is 3.69. The van der Waals surface area contributed by atoms with E-state index in [1.165, 1.54) is 13.2 Å². The molecule has 0 spiro atoms. The summed E-state index contributed by atoms with van der Waals surface area (Å²) >= 11 is 3.38. The van der Waals surface area contributed by atoms with Gasteiger partial charge in [-0.3, -0.25) is 9.59 Å². The standard InChI is InChI=1S/C20H20BrNO3/c1-14-3-5-15(6-4-14)7-12-19(23)22-18(13-20(24)25-2)16-8-10-17(21)11-9-16/h3-12,18H,13H2,1-2H3,(H,22,23)/b12-7+. The van der Waals surface area contributed by atoms with Crippen LogP contribution in [0.4, 0.5) is 0 Å². The van der Waals surface area contributed by atoms with Crippen molar-refractivity contribution in [3.05, 3.63) is 75.8 Å². The average molecular weight is 402 g/mol. The monoisotopic (exact) mass is 401 g/mol. The summed E-state index contributed by atoms with van der Waals surface area (Å²) in [6, 6.07) is 14.9. The maximum absolute atomic E-state index is 12.2. The molecular weight excluding hydrogens is 382 g/mol. The molecule has 0 aliphatic heterocycles. The smallest absolute Gasteiger partial charge is 0.307 e. The van der Waals surface area contributed by atoms with E-state index in [0.717, 1.165) is 21.2 Å². The van der Waals surface area contributed by atoms with E-state index in [9.17, 15) is 9.59 Å². The van der Waals surface area contributed by atoms with Crippen molar-refractivity contribution < 1.29 is 14.3 Å². The van der Waals surface area contributed by atoms with Gasteiger partial charge in [-0.25, -0.2) is 0 Å². The maximum Gasteiger partial charge on any atom is 0.307 e. The van der Waals surface area contributed by atoms with Gasteiger partial charge in [-0.2, -0.15) is 0 Å². The molecule has 1 amide bonds. The minimum atomic E-state index is -0.448. The molecule has 0 saturated carbocycles. The Kier molecular flexibility index (Phi) is 6.95. The molecule has 4 nitrogen and oxygen atoms in total. The van der Waals surface area contributed by atoms with Crippen LogP contribution in [0.3, 0.4) is 0 Å². The number of amides is 1. The number of esters is 1. The third kappa shape index (κ3) is 6.19. The lowest BCUT2D eigenvalue weighted by Crippen LogP contribution is -2.29. The quantitative estimate of drug-likeness (QED) is 0.582. The Labute approximate surface area is 156 Å². The fourth-order valence-corrected chi connectivity index (χ4v) is 2.53. The Morgan fingerprint density at radius 1 is 1.12 bits per heavy atom. The van der Waals surface area contributed by atoms with E-state index in [0.29, 0.717) is 0 Å². The zero-order chi connectivity index (χ0) is 18.2. The van der Waals surface area contributed by atoms with E-state index in [4.69, 9.17) is 4.74 Å². The first-order valence-electron chi connectivity index (χ1n) is 7.85. The largest absolute Gasteiger partial charge is 0.469 e. The Balaban J connectivity index is 2.09. The summed E-state index contributed by atoms with van der Waals surface area (Å²) in [6.07, 6.45) is 3.28. The Bertz CT molecular complexity index is 752. The predicted molar refractivity (Wildman–Crippen MR) is 102 cm³/mol. The molecule has 1 unspecified atom stereocenters. The fraction of sp³-hybridized carbons (Fsp3) is 0.200. The van der Waals surface area contributed by atoms with Crippen LogP contribution in [-0.2, 0) is 14.3 Å². The molecule has 0 radical (unpaired) electrons. The van der Waals surface area contributed by atoms with E-state index in [2.05, 4.69) is 21.2 Å². The Morgan fingerprint density at radius 3 is 2.36 bits per heavy atom. The first-order chi connectivity index (χ1) is 12.0. The molecule has 0 aromatic heterocycles. The molecule has 0 aliphatic rings. The molecule has 2 aromatic rings. The number of methoxy groups -OCH3 is 1. The highest BCUT2D eigenvalue weighted by molar-refractivity contribution is 9.10. The van der Waals surface area contributed by atoms with E-state index in [1.807, 2.05) is 55.5 Å². The highest BCUT2D eigenvalue weighted by Crippen LogP contribution is 2.20. The highest BCUT2D eigenvalue weighted by atomic mass is 79.9. The summed E-state index contributed by atoms with van der Waals surface area (Å²) in [5.74, 6) is -0.645. The lowest BCUT2D eigenvalue weighted by molar-refractivity contribution is -0.141. The van der Waals surface area contributed by atoms with Crippen LogP contribution in [0.5, 0.6) is 0 Å². The summed E-state index contributed by atoms with van der Waals surface area (Å²) in [6.45, 7) is 2.01. The molecule has 1 atom stereocenters. The number of hydrogen-bond acceptors (Lipinski definition) is 3. The number of hydrogen-bond donors (Lipinski definition) is 1. The molecule has 1 N–H and O–H groups in total. The van der Waals surface area contributed by atoms with Crippen molar-refractivity contribution in [1.29, 1.82) is 0 Å². The van der Waals surface area contributed by atoms with Gasteiger partial charge in [0.15, 0.2) is 0 Å². The van der Waals surface area contributed by atoms with Gasteiger partial charge < -0.3 is 10.1 Å². The van der Waals surface area contributed by atoms with Gasteiger partial charge in [-0.1, -0.05) is 57.9 Å². The Morgan fingerprint density at radius 2 is 1.76 bits per heavy atom. The van der Waals surface area contributed by atoms with Crippen LogP contribution in [0.2, 0.25) is 0 Å². The van der Waals surface area contributed by atoms with E-state index in [-0.39, 0.29) is 18.3 Å². The van der Waals surface area contributed by atoms with Gasteiger partial charge in [0.05, 0.1) is 19.6 Å². The van der Waals surface area contributed by atoms with E-state index < -0.39 is 6.04 Å². The summed E-state index contributed by atoms with van der Waals surface area (Å²) in [4.78, 5) is 23.9. The van der Waals surface area contributed by atoms with Gasteiger partial charge in [-0.05, 0) is 36.3 Å². The molecule has 2 rings (SSSR count). The predicted octanol–water partition coefficient (Wildman–Crippen LogP) is 4.19. The number of rotatable bonds is 6. The van der Waals surface area contributed by atoms with Crippen LogP contribution in [0, 0.1) is 6.92 Å². The minimum Gasteiger partial charge on any atom is -0.469 e.